The van der Waals surface area contributed by atoms with Gasteiger partial charge in [-0.2, -0.15) is 0 Å². The van der Waals surface area contributed by atoms with Crippen LogP contribution in [0.25, 0.3) is 0 Å². The van der Waals surface area contributed by atoms with E-state index in [1.165, 1.54) is 6.07 Å². The van der Waals surface area contributed by atoms with Crippen molar-refractivity contribution >= 4 is 27.5 Å². The average Bonchev–Trinajstić information content (AvgIpc) is 2.09. The molecule has 5 heteroatoms. The molecule has 0 fully saturated rings. The Morgan fingerprint density at radius 1 is 1.54 bits per heavy atom. The molecule has 0 saturated carbocycles. The molecule has 1 aromatic carbocycles. The van der Waals surface area contributed by atoms with Gasteiger partial charge in [-0.1, -0.05) is 11.6 Å². The standard InChI is InChI=1S/C8H9BrClNO2/c9-6-3-5(10)4-7(8(6)12)13-2-1-11/h3-4,12H,1-2,11H2. The Morgan fingerprint density at radius 3 is 2.85 bits per heavy atom. The van der Waals surface area contributed by atoms with Crippen molar-refractivity contribution < 1.29 is 9.84 Å². The zero-order valence-corrected chi connectivity index (χ0v) is 9.10. The molecule has 72 valence electrons. The molecule has 0 aliphatic heterocycles. The topological polar surface area (TPSA) is 55.5 Å². The second-order valence-electron chi connectivity index (χ2n) is 2.37. The third kappa shape index (κ3) is 2.76. The SMILES string of the molecule is NCCOc1cc(Cl)cc(Br)c1O. The van der Waals surface area contributed by atoms with Gasteiger partial charge in [0.05, 0.1) is 4.47 Å². The molecule has 0 atom stereocenters. The Morgan fingerprint density at radius 2 is 2.23 bits per heavy atom. The number of benzene rings is 1. The molecule has 1 rings (SSSR count). The van der Waals surface area contributed by atoms with Crippen LogP contribution in [0.2, 0.25) is 5.02 Å². The minimum atomic E-state index is 0.0397. The molecule has 0 spiro atoms. The van der Waals surface area contributed by atoms with Gasteiger partial charge in [0.15, 0.2) is 11.5 Å². The van der Waals surface area contributed by atoms with E-state index in [0.717, 1.165) is 0 Å². The zero-order valence-electron chi connectivity index (χ0n) is 6.76. The fraction of sp³-hybridized carbons (Fsp3) is 0.250. The lowest BCUT2D eigenvalue weighted by Crippen LogP contribution is -2.10. The van der Waals surface area contributed by atoms with E-state index in [1.807, 2.05) is 0 Å². The van der Waals surface area contributed by atoms with Crippen molar-refractivity contribution in [1.82, 2.24) is 0 Å². The van der Waals surface area contributed by atoms with Gasteiger partial charge in [-0.15, -0.1) is 0 Å². The lowest BCUT2D eigenvalue weighted by molar-refractivity contribution is 0.308. The first-order valence-corrected chi connectivity index (χ1v) is 4.83. The first-order chi connectivity index (χ1) is 6.15. The van der Waals surface area contributed by atoms with Gasteiger partial charge in [-0.05, 0) is 22.0 Å². The molecule has 0 saturated heterocycles. The molecule has 0 aliphatic rings. The summed E-state index contributed by atoms with van der Waals surface area (Å²) in [4.78, 5) is 0. The van der Waals surface area contributed by atoms with Crippen LogP contribution in [0.5, 0.6) is 11.5 Å². The summed E-state index contributed by atoms with van der Waals surface area (Å²) in [5, 5.41) is 9.97. The fourth-order valence-electron chi connectivity index (χ4n) is 0.821. The lowest BCUT2D eigenvalue weighted by atomic mass is 10.3. The molecule has 0 bridgehead atoms. The van der Waals surface area contributed by atoms with Crippen LogP contribution in [0.15, 0.2) is 16.6 Å². The fourth-order valence-corrected chi connectivity index (χ4v) is 1.60. The Hall–Kier alpha value is -0.450. The minimum Gasteiger partial charge on any atom is -0.503 e. The van der Waals surface area contributed by atoms with Gasteiger partial charge in [-0.3, -0.25) is 0 Å². The van der Waals surface area contributed by atoms with Crippen LogP contribution in [0, 0.1) is 0 Å². The molecule has 0 unspecified atom stereocenters. The highest BCUT2D eigenvalue weighted by Gasteiger charge is 2.07. The molecule has 0 amide bonds. The number of phenols is 1. The van der Waals surface area contributed by atoms with Crippen LogP contribution in [0.4, 0.5) is 0 Å². The highest BCUT2D eigenvalue weighted by atomic mass is 79.9. The minimum absolute atomic E-state index is 0.0397. The van der Waals surface area contributed by atoms with Gasteiger partial charge in [0.25, 0.3) is 0 Å². The van der Waals surface area contributed by atoms with E-state index in [4.69, 9.17) is 22.1 Å². The van der Waals surface area contributed by atoms with Crippen LogP contribution >= 0.6 is 27.5 Å². The quantitative estimate of drug-likeness (QED) is 0.881. The summed E-state index contributed by atoms with van der Waals surface area (Å²) < 4.78 is 5.66. The second-order valence-corrected chi connectivity index (χ2v) is 3.66. The Bertz CT molecular complexity index is 306. The van der Waals surface area contributed by atoms with Gasteiger partial charge in [0, 0.05) is 17.6 Å². The van der Waals surface area contributed by atoms with E-state index < -0.39 is 0 Å². The number of rotatable bonds is 3. The molecule has 3 nitrogen and oxygen atoms in total. The molecule has 0 aliphatic carbocycles. The molecule has 13 heavy (non-hydrogen) atoms. The average molecular weight is 267 g/mol. The van der Waals surface area contributed by atoms with Crippen molar-refractivity contribution in [3.8, 4) is 11.5 Å². The monoisotopic (exact) mass is 265 g/mol. The summed E-state index contributed by atoms with van der Waals surface area (Å²) >= 11 is 8.89. The summed E-state index contributed by atoms with van der Waals surface area (Å²) in [7, 11) is 0. The maximum Gasteiger partial charge on any atom is 0.172 e. The predicted molar refractivity (Wildman–Crippen MR) is 55.4 cm³/mol. The van der Waals surface area contributed by atoms with Crippen LogP contribution in [0.3, 0.4) is 0 Å². The van der Waals surface area contributed by atoms with E-state index in [1.54, 1.807) is 6.07 Å². The van der Waals surface area contributed by atoms with Crippen molar-refractivity contribution in [3.63, 3.8) is 0 Å². The lowest BCUT2D eigenvalue weighted by Gasteiger charge is -2.08. The summed E-state index contributed by atoms with van der Waals surface area (Å²) in [5.41, 5.74) is 5.25. The summed E-state index contributed by atoms with van der Waals surface area (Å²) in [6, 6.07) is 3.13. The maximum absolute atomic E-state index is 9.48. The second kappa shape index (κ2) is 4.69. The number of halogens is 2. The van der Waals surface area contributed by atoms with E-state index in [9.17, 15) is 5.11 Å². The number of phenolic OH excluding ortho intramolecular Hbond substituents is 1. The van der Waals surface area contributed by atoms with E-state index in [0.29, 0.717) is 28.4 Å². The number of nitrogens with two attached hydrogens (primary N) is 1. The van der Waals surface area contributed by atoms with Crippen molar-refractivity contribution in [2.75, 3.05) is 13.2 Å². The first kappa shape index (κ1) is 10.6. The molecule has 0 radical (unpaired) electrons. The van der Waals surface area contributed by atoms with Crippen LogP contribution in [-0.4, -0.2) is 18.3 Å². The molecule has 3 N–H and O–H groups in total. The summed E-state index contributed by atoms with van der Waals surface area (Å²) in [5.74, 6) is 0.377. The molecular weight excluding hydrogens is 257 g/mol. The number of hydrogen-bond acceptors (Lipinski definition) is 3. The normalized spacial score (nSPS) is 10.1. The number of hydrogen-bond donors (Lipinski definition) is 2. The highest BCUT2D eigenvalue weighted by molar-refractivity contribution is 9.10. The summed E-state index contributed by atoms with van der Waals surface area (Å²) in [6.45, 7) is 0.740. The number of ether oxygens (including phenoxy) is 1. The Labute approximate surface area is 89.6 Å². The molecular formula is C8H9BrClNO2. The van der Waals surface area contributed by atoms with Gasteiger partial charge in [-0.25, -0.2) is 0 Å². The van der Waals surface area contributed by atoms with E-state index in [-0.39, 0.29) is 5.75 Å². The smallest absolute Gasteiger partial charge is 0.172 e. The van der Waals surface area contributed by atoms with Gasteiger partial charge in [0.2, 0.25) is 0 Å². The van der Waals surface area contributed by atoms with Gasteiger partial charge in [0.1, 0.15) is 6.61 Å². The largest absolute Gasteiger partial charge is 0.503 e. The maximum atomic E-state index is 9.48. The number of aromatic hydroxyl groups is 1. The van der Waals surface area contributed by atoms with Gasteiger partial charge < -0.3 is 15.6 Å². The van der Waals surface area contributed by atoms with Crippen molar-refractivity contribution in [2.24, 2.45) is 5.73 Å². The molecule has 0 aromatic heterocycles. The Balaban J connectivity index is 2.92. The zero-order chi connectivity index (χ0) is 9.84. The van der Waals surface area contributed by atoms with Crippen LogP contribution in [0.1, 0.15) is 0 Å². The predicted octanol–water partition coefficient (Wildman–Crippen LogP) is 2.15. The summed E-state index contributed by atoms with van der Waals surface area (Å²) in [6.07, 6.45) is 0. The van der Waals surface area contributed by atoms with Crippen molar-refractivity contribution in [1.29, 1.82) is 0 Å². The van der Waals surface area contributed by atoms with E-state index in [2.05, 4.69) is 15.9 Å². The molecule has 0 heterocycles. The van der Waals surface area contributed by atoms with Crippen molar-refractivity contribution in [2.45, 2.75) is 0 Å². The highest BCUT2D eigenvalue weighted by Crippen LogP contribution is 2.36. The van der Waals surface area contributed by atoms with Crippen LogP contribution in [-0.2, 0) is 0 Å². The van der Waals surface area contributed by atoms with Gasteiger partial charge >= 0.3 is 0 Å². The van der Waals surface area contributed by atoms with E-state index >= 15 is 0 Å². The third-order valence-corrected chi connectivity index (χ3v) is 2.19. The van der Waals surface area contributed by atoms with Crippen molar-refractivity contribution in [3.05, 3.63) is 21.6 Å². The Kier molecular flexibility index (Phi) is 3.84. The molecule has 1 aromatic rings. The van der Waals surface area contributed by atoms with Crippen LogP contribution < -0.4 is 10.5 Å². The first-order valence-electron chi connectivity index (χ1n) is 3.66. The third-order valence-electron chi connectivity index (χ3n) is 1.37.